The maximum atomic E-state index is 5.38. The number of pyridine rings is 1. The Morgan fingerprint density at radius 1 is 0.255 bits per heavy atom. The standard InChI is InChI=1S/C53H36N2/c1-3-14-37(15-4-1)41-18-11-19-42(32-41)39-28-30-40(31-29-39)46-35-50(44-21-12-20-43(33-44)38-16-5-2-6-17-38)54-51(36-46)45-22-13-23-47(34-45)55-52-26-9-7-24-48(52)49-25-8-10-27-53(49)55/h1-36H. The number of rotatable bonds is 7. The van der Waals surface area contributed by atoms with E-state index in [0.717, 1.165) is 39.3 Å². The summed E-state index contributed by atoms with van der Waals surface area (Å²) in [6, 6.07) is 78.1. The van der Waals surface area contributed by atoms with Crippen LogP contribution >= 0.6 is 0 Å². The number of hydrogen-bond acceptors (Lipinski definition) is 1. The Morgan fingerprint density at radius 3 is 1.18 bits per heavy atom. The van der Waals surface area contributed by atoms with Crippen LogP contribution in [-0.4, -0.2) is 9.55 Å². The van der Waals surface area contributed by atoms with E-state index in [2.05, 4.69) is 223 Å². The highest BCUT2D eigenvalue weighted by molar-refractivity contribution is 6.09. The molecule has 0 unspecified atom stereocenters. The zero-order chi connectivity index (χ0) is 36.6. The Kier molecular flexibility index (Phi) is 8.20. The fourth-order valence-electron chi connectivity index (χ4n) is 7.85. The molecule has 2 aromatic heterocycles. The van der Waals surface area contributed by atoms with Gasteiger partial charge in [-0.25, -0.2) is 4.98 Å². The number of para-hydroxylation sites is 2. The van der Waals surface area contributed by atoms with Gasteiger partial charge in [-0.1, -0.05) is 170 Å². The van der Waals surface area contributed by atoms with Gasteiger partial charge in [0.05, 0.1) is 22.4 Å². The highest BCUT2D eigenvalue weighted by Crippen LogP contribution is 2.36. The molecular weight excluding hydrogens is 665 g/mol. The number of fused-ring (bicyclic) bond motifs is 3. The maximum absolute atomic E-state index is 5.38. The quantitative estimate of drug-likeness (QED) is 0.162. The van der Waals surface area contributed by atoms with Crippen LogP contribution in [0.25, 0.3) is 94.5 Å². The molecule has 2 nitrogen and oxygen atoms in total. The SMILES string of the molecule is c1ccc(-c2cccc(-c3ccc(-c4cc(-c5cccc(-c6ccccc6)c5)nc(-c5cccc(-n6c7ccccc7c7ccccc76)c5)c4)cc3)c2)cc1. The molecule has 10 rings (SSSR count). The van der Waals surface area contributed by atoms with E-state index in [4.69, 9.17) is 4.98 Å². The first kappa shape index (κ1) is 32.4. The summed E-state index contributed by atoms with van der Waals surface area (Å²) in [7, 11) is 0. The highest BCUT2D eigenvalue weighted by atomic mass is 15.0. The van der Waals surface area contributed by atoms with E-state index < -0.39 is 0 Å². The molecule has 0 saturated carbocycles. The topological polar surface area (TPSA) is 17.8 Å². The highest BCUT2D eigenvalue weighted by Gasteiger charge is 2.15. The van der Waals surface area contributed by atoms with Crippen molar-refractivity contribution in [2.24, 2.45) is 0 Å². The lowest BCUT2D eigenvalue weighted by Crippen LogP contribution is -1.96. The monoisotopic (exact) mass is 700 g/mol. The predicted molar refractivity (Wildman–Crippen MR) is 231 cm³/mol. The first-order chi connectivity index (χ1) is 27.2. The number of benzene rings is 8. The van der Waals surface area contributed by atoms with E-state index in [9.17, 15) is 0 Å². The van der Waals surface area contributed by atoms with Crippen LogP contribution in [0.15, 0.2) is 218 Å². The van der Waals surface area contributed by atoms with E-state index >= 15 is 0 Å². The second-order valence-corrected chi connectivity index (χ2v) is 14.0. The Bertz CT molecular complexity index is 2900. The number of aromatic nitrogens is 2. The Hall–Kier alpha value is -7.29. The van der Waals surface area contributed by atoms with Gasteiger partial charge < -0.3 is 4.57 Å². The molecule has 0 radical (unpaired) electrons. The van der Waals surface area contributed by atoms with Gasteiger partial charge in [-0.15, -0.1) is 0 Å². The largest absolute Gasteiger partial charge is 0.309 e. The van der Waals surface area contributed by atoms with Crippen molar-refractivity contribution in [1.29, 1.82) is 0 Å². The Morgan fingerprint density at radius 2 is 0.636 bits per heavy atom. The summed E-state index contributed by atoms with van der Waals surface area (Å²) >= 11 is 0. The van der Waals surface area contributed by atoms with Crippen molar-refractivity contribution in [3.05, 3.63) is 218 Å². The molecule has 10 aromatic rings. The zero-order valence-electron chi connectivity index (χ0n) is 30.2. The summed E-state index contributed by atoms with van der Waals surface area (Å²) in [5.41, 5.74) is 16.9. The van der Waals surface area contributed by atoms with Gasteiger partial charge in [0.25, 0.3) is 0 Å². The molecule has 55 heavy (non-hydrogen) atoms. The molecule has 258 valence electrons. The van der Waals surface area contributed by atoms with Crippen LogP contribution in [0.5, 0.6) is 0 Å². The minimum Gasteiger partial charge on any atom is -0.309 e. The third-order valence-electron chi connectivity index (χ3n) is 10.6. The van der Waals surface area contributed by atoms with Gasteiger partial charge in [-0.3, -0.25) is 0 Å². The molecule has 0 saturated heterocycles. The third-order valence-corrected chi connectivity index (χ3v) is 10.6. The molecule has 2 heteroatoms. The molecular formula is C53H36N2. The van der Waals surface area contributed by atoms with Crippen molar-refractivity contribution in [3.8, 4) is 72.7 Å². The molecule has 0 fully saturated rings. The van der Waals surface area contributed by atoms with Crippen LogP contribution in [0.2, 0.25) is 0 Å². The Balaban J connectivity index is 1.09. The summed E-state index contributed by atoms with van der Waals surface area (Å²) < 4.78 is 2.37. The lowest BCUT2D eigenvalue weighted by molar-refractivity contribution is 1.18. The molecule has 0 aliphatic carbocycles. The zero-order valence-corrected chi connectivity index (χ0v) is 30.2. The third kappa shape index (κ3) is 6.20. The van der Waals surface area contributed by atoms with Crippen molar-refractivity contribution in [2.75, 3.05) is 0 Å². The van der Waals surface area contributed by atoms with Gasteiger partial charge in [0.2, 0.25) is 0 Å². The molecule has 0 aliphatic heterocycles. The molecule has 2 heterocycles. The van der Waals surface area contributed by atoms with Gasteiger partial charge >= 0.3 is 0 Å². The van der Waals surface area contributed by atoms with Crippen molar-refractivity contribution < 1.29 is 0 Å². The van der Waals surface area contributed by atoms with Crippen molar-refractivity contribution in [2.45, 2.75) is 0 Å². The molecule has 0 atom stereocenters. The fraction of sp³-hybridized carbons (Fsp3) is 0. The van der Waals surface area contributed by atoms with Crippen LogP contribution in [0.1, 0.15) is 0 Å². The molecule has 0 spiro atoms. The lowest BCUT2D eigenvalue weighted by atomic mass is 9.95. The van der Waals surface area contributed by atoms with Crippen LogP contribution < -0.4 is 0 Å². The minimum atomic E-state index is 0.930. The van der Waals surface area contributed by atoms with Gasteiger partial charge in [-0.2, -0.15) is 0 Å². The number of hydrogen-bond donors (Lipinski definition) is 0. The van der Waals surface area contributed by atoms with Gasteiger partial charge in [-0.05, 0) is 93.0 Å². The molecule has 0 amide bonds. The van der Waals surface area contributed by atoms with E-state index in [1.54, 1.807) is 0 Å². The van der Waals surface area contributed by atoms with Gasteiger partial charge in [0, 0.05) is 27.6 Å². The summed E-state index contributed by atoms with van der Waals surface area (Å²) in [6.45, 7) is 0. The molecule has 0 aliphatic rings. The van der Waals surface area contributed by atoms with Crippen LogP contribution in [-0.2, 0) is 0 Å². The summed E-state index contributed by atoms with van der Waals surface area (Å²) in [5, 5.41) is 2.50. The second-order valence-electron chi connectivity index (χ2n) is 14.0. The molecule has 0 bridgehead atoms. The summed E-state index contributed by atoms with van der Waals surface area (Å²) in [5.74, 6) is 0. The molecule has 8 aromatic carbocycles. The lowest BCUT2D eigenvalue weighted by Gasteiger charge is -2.14. The predicted octanol–water partition coefficient (Wildman–Crippen LogP) is 14.2. The molecule has 0 N–H and O–H groups in total. The van der Waals surface area contributed by atoms with Crippen molar-refractivity contribution in [1.82, 2.24) is 9.55 Å². The average Bonchev–Trinajstić information content (AvgIpc) is 3.61. The Labute approximate surface area is 321 Å². The van der Waals surface area contributed by atoms with E-state index in [1.165, 1.54) is 55.2 Å². The smallest absolute Gasteiger partial charge is 0.0716 e. The van der Waals surface area contributed by atoms with Crippen molar-refractivity contribution >= 4 is 21.8 Å². The average molecular weight is 701 g/mol. The van der Waals surface area contributed by atoms with Gasteiger partial charge in [0.1, 0.15) is 0 Å². The van der Waals surface area contributed by atoms with Gasteiger partial charge in [0.15, 0.2) is 0 Å². The normalized spacial score (nSPS) is 11.3. The summed E-state index contributed by atoms with van der Waals surface area (Å²) in [4.78, 5) is 5.38. The van der Waals surface area contributed by atoms with Crippen LogP contribution in [0.4, 0.5) is 0 Å². The van der Waals surface area contributed by atoms with Crippen LogP contribution in [0, 0.1) is 0 Å². The minimum absolute atomic E-state index is 0.930. The van der Waals surface area contributed by atoms with E-state index in [-0.39, 0.29) is 0 Å². The first-order valence-electron chi connectivity index (χ1n) is 18.8. The second kappa shape index (κ2) is 13.9. The van der Waals surface area contributed by atoms with E-state index in [0.29, 0.717) is 0 Å². The maximum Gasteiger partial charge on any atom is 0.0716 e. The van der Waals surface area contributed by atoms with E-state index in [1.807, 2.05) is 0 Å². The first-order valence-corrected chi connectivity index (χ1v) is 18.8. The summed E-state index contributed by atoms with van der Waals surface area (Å²) in [6.07, 6.45) is 0. The fourth-order valence-corrected chi connectivity index (χ4v) is 7.85. The van der Waals surface area contributed by atoms with Crippen molar-refractivity contribution in [3.63, 3.8) is 0 Å². The number of nitrogens with zero attached hydrogens (tertiary/aromatic N) is 2. The van der Waals surface area contributed by atoms with Crippen LogP contribution in [0.3, 0.4) is 0 Å².